The molecular weight excluding hydrogens is 524 g/mol. The molecule has 0 fully saturated rings. The maximum absolute atomic E-state index is 13.2. The van der Waals surface area contributed by atoms with Crippen LogP contribution in [0.25, 0.3) is 9.88 Å². The number of carbonyl (C=O) groups is 2. The van der Waals surface area contributed by atoms with E-state index in [0.29, 0.717) is 18.5 Å². The zero-order chi connectivity index (χ0) is 26.3. The van der Waals surface area contributed by atoms with Crippen LogP contribution in [0, 0.1) is 5.92 Å². The highest BCUT2D eigenvalue weighted by Gasteiger charge is 2.27. The second-order valence-corrected chi connectivity index (χ2v) is 11.4. The van der Waals surface area contributed by atoms with Crippen molar-refractivity contribution in [1.82, 2.24) is 15.6 Å². The lowest BCUT2D eigenvalue weighted by atomic mass is 10.0. The molecule has 3 rings (SSSR count). The SMILES string of the molecule is COC(=O)N[C@@H](CC(C)C)C(=O)NC(Cc1ccc(NS(=O)(=O)O)cc1)c1csc(-c2cccs2)n1. The lowest BCUT2D eigenvalue weighted by molar-refractivity contribution is -0.124. The summed E-state index contributed by atoms with van der Waals surface area (Å²) >= 11 is 3.04. The molecule has 194 valence electrons. The summed E-state index contributed by atoms with van der Waals surface area (Å²) in [7, 11) is -3.14. The number of carbonyl (C=O) groups excluding carboxylic acids is 2. The van der Waals surface area contributed by atoms with Gasteiger partial charge in [-0.1, -0.05) is 32.0 Å². The van der Waals surface area contributed by atoms with Gasteiger partial charge >= 0.3 is 16.4 Å². The van der Waals surface area contributed by atoms with Crippen molar-refractivity contribution >= 4 is 50.7 Å². The zero-order valence-electron chi connectivity index (χ0n) is 19.9. The Morgan fingerprint density at radius 3 is 2.42 bits per heavy atom. The van der Waals surface area contributed by atoms with Crippen LogP contribution in [0.5, 0.6) is 0 Å². The van der Waals surface area contributed by atoms with E-state index in [1.54, 1.807) is 23.5 Å². The van der Waals surface area contributed by atoms with Crippen LogP contribution in [0.3, 0.4) is 0 Å². The van der Waals surface area contributed by atoms with Crippen LogP contribution in [0.4, 0.5) is 10.5 Å². The summed E-state index contributed by atoms with van der Waals surface area (Å²) in [6, 6.07) is 9.02. The fourth-order valence-electron chi connectivity index (χ4n) is 3.46. The molecular formula is C23H28N4O6S3. The lowest BCUT2D eigenvalue weighted by Crippen LogP contribution is -2.48. The van der Waals surface area contributed by atoms with E-state index in [0.717, 1.165) is 15.4 Å². The number of amides is 2. The minimum absolute atomic E-state index is 0.143. The molecule has 0 aliphatic carbocycles. The summed E-state index contributed by atoms with van der Waals surface area (Å²) in [5, 5.41) is 10.3. The minimum atomic E-state index is -4.38. The van der Waals surface area contributed by atoms with Gasteiger partial charge in [0.2, 0.25) is 5.91 Å². The second kappa shape index (κ2) is 12.3. The van der Waals surface area contributed by atoms with Crippen molar-refractivity contribution in [3.05, 3.63) is 58.4 Å². The molecule has 0 radical (unpaired) electrons. The first kappa shape index (κ1) is 27.6. The van der Waals surface area contributed by atoms with Crippen LogP contribution < -0.4 is 15.4 Å². The smallest absolute Gasteiger partial charge is 0.407 e. The Hall–Kier alpha value is -3.00. The average Bonchev–Trinajstić information content (AvgIpc) is 3.50. The predicted octanol–water partition coefficient (Wildman–Crippen LogP) is 4.26. The van der Waals surface area contributed by atoms with Crippen molar-refractivity contribution in [3.8, 4) is 9.88 Å². The standard InChI is InChI=1S/C23H28N4O6S3/c1-14(2)11-18(26-23(29)33-3)21(28)24-17(19-13-35-22(25-19)20-5-4-10-34-20)12-15-6-8-16(9-7-15)27-36(30,31)32/h4-10,13-14,17-18,27H,11-12H2,1-3H3,(H,24,28)(H,26,29)(H,30,31,32)/t17?,18-/m0/s1. The Balaban J connectivity index is 1.85. The Labute approximate surface area is 218 Å². The second-order valence-electron chi connectivity index (χ2n) is 8.41. The number of alkyl carbamates (subject to hydrolysis) is 1. The van der Waals surface area contributed by atoms with Gasteiger partial charge in [0.15, 0.2) is 0 Å². The van der Waals surface area contributed by atoms with Gasteiger partial charge in [0.05, 0.1) is 29.4 Å². The average molecular weight is 553 g/mol. The molecule has 2 heterocycles. The number of hydrogen-bond acceptors (Lipinski definition) is 8. The number of ether oxygens (including phenoxy) is 1. The number of methoxy groups -OCH3 is 1. The van der Waals surface area contributed by atoms with Crippen molar-refractivity contribution in [2.75, 3.05) is 11.8 Å². The Morgan fingerprint density at radius 2 is 1.83 bits per heavy atom. The van der Waals surface area contributed by atoms with E-state index in [9.17, 15) is 18.0 Å². The van der Waals surface area contributed by atoms with Crippen LogP contribution in [-0.4, -0.2) is 43.1 Å². The molecule has 1 aromatic carbocycles. The fraction of sp³-hybridized carbons (Fsp3) is 0.348. The first-order valence-electron chi connectivity index (χ1n) is 11.0. The fourth-order valence-corrected chi connectivity index (χ4v) is 5.58. The minimum Gasteiger partial charge on any atom is -0.453 e. The summed E-state index contributed by atoms with van der Waals surface area (Å²) in [4.78, 5) is 30.8. The Kier molecular flexibility index (Phi) is 9.43. The first-order valence-corrected chi connectivity index (χ1v) is 14.2. The first-order chi connectivity index (χ1) is 17.0. The molecule has 4 N–H and O–H groups in total. The number of rotatable bonds is 11. The largest absolute Gasteiger partial charge is 0.453 e. The molecule has 36 heavy (non-hydrogen) atoms. The number of aromatic nitrogens is 1. The van der Waals surface area contributed by atoms with Crippen LogP contribution in [-0.2, 0) is 26.3 Å². The molecule has 13 heteroatoms. The normalized spacial score (nSPS) is 13.1. The number of anilines is 1. The van der Waals surface area contributed by atoms with Gasteiger partial charge in [0, 0.05) is 5.38 Å². The summed E-state index contributed by atoms with van der Waals surface area (Å²) < 4.78 is 37.8. The van der Waals surface area contributed by atoms with Crippen molar-refractivity contribution in [3.63, 3.8) is 0 Å². The van der Waals surface area contributed by atoms with E-state index < -0.39 is 28.5 Å². The van der Waals surface area contributed by atoms with Gasteiger partial charge in [-0.15, -0.1) is 22.7 Å². The molecule has 2 aromatic heterocycles. The Bertz CT molecular complexity index is 1260. The third kappa shape index (κ3) is 8.29. The molecule has 0 spiro atoms. The summed E-state index contributed by atoms with van der Waals surface area (Å²) in [5.41, 5.74) is 1.67. The number of thiazole rings is 1. The van der Waals surface area contributed by atoms with E-state index in [2.05, 4.69) is 15.4 Å². The predicted molar refractivity (Wildman–Crippen MR) is 140 cm³/mol. The van der Waals surface area contributed by atoms with Crippen LogP contribution >= 0.6 is 22.7 Å². The molecule has 10 nitrogen and oxygen atoms in total. The molecule has 1 unspecified atom stereocenters. The zero-order valence-corrected chi connectivity index (χ0v) is 22.4. The molecule has 0 bridgehead atoms. The lowest BCUT2D eigenvalue weighted by Gasteiger charge is -2.23. The quantitative estimate of drug-likeness (QED) is 0.260. The van der Waals surface area contributed by atoms with Gasteiger partial charge in [-0.3, -0.25) is 14.1 Å². The molecule has 0 aliphatic rings. The molecule has 0 saturated heterocycles. The van der Waals surface area contributed by atoms with E-state index >= 15 is 0 Å². The maximum atomic E-state index is 13.2. The summed E-state index contributed by atoms with van der Waals surface area (Å²) in [5.74, 6) is -0.224. The summed E-state index contributed by atoms with van der Waals surface area (Å²) in [6.07, 6.45) is 0.0853. The highest BCUT2D eigenvalue weighted by atomic mass is 32.2. The van der Waals surface area contributed by atoms with E-state index in [-0.39, 0.29) is 17.5 Å². The van der Waals surface area contributed by atoms with Gasteiger partial charge in [-0.2, -0.15) is 8.42 Å². The van der Waals surface area contributed by atoms with Gasteiger partial charge in [-0.05, 0) is 47.9 Å². The molecule has 0 saturated carbocycles. The maximum Gasteiger partial charge on any atom is 0.407 e. The Morgan fingerprint density at radius 1 is 1.11 bits per heavy atom. The van der Waals surface area contributed by atoms with E-state index in [1.807, 2.05) is 41.5 Å². The van der Waals surface area contributed by atoms with Gasteiger partial charge in [0.1, 0.15) is 11.0 Å². The van der Waals surface area contributed by atoms with E-state index in [1.165, 1.54) is 30.6 Å². The number of nitrogens with one attached hydrogen (secondary N) is 3. The number of nitrogens with zero attached hydrogens (tertiary/aromatic N) is 1. The van der Waals surface area contributed by atoms with Crippen molar-refractivity contribution < 1.29 is 27.3 Å². The topological polar surface area (TPSA) is 147 Å². The van der Waals surface area contributed by atoms with Crippen LogP contribution in [0.15, 0.2) is 47.2 Å². The van der Waals surface area contributed by atoms with Crippen molar-refractivity contribution in [2.45, 2.75) is 38.8 Å². The molecule has 2 amide bonds. The molecule has 2 atom stereocenters. The highest BCUT2D eigenvalue weighted by Crippen LogP contribution is 2.31. The monoisotopic (exact) mass is 552 g/mol. The van der Waals surface area contributed by atoms with Crippen LogP contribution in [0.1, 0.15) is 37.6 Å². The number of benzene rings is 1. The van der Waals surface area contributed by atoms with Gasteiger partial charge < -0.3 is 15.4 Å². The van der Waals surface area contributed by atoms with Crippen molar-refractivity contribution in [2.24, 2.45) is 5.92 Å². The number of thiophene rings is 1. The summed E-state index contributed by atoms with van der Waals surface area (Å²) in [6.45, 7) is 3.90. The number of hydrogen-bond donors (Lipinski definition) is 4. The van der Waals surface area contributed by atoms with Gasteiger partial charge in [-0.25, -0.2) is 9.78 Å². The third-order valence-electron chi connectivity index (χ3n) is 5.07. The van der Waals surface area contributed by atoms with Crippen LogP contribution in [0.2, 0.25) is 0 Å². The highest BCUT2D eigenvalue weighted by molar-refractivity contribution is 7.87. The van der Waals surface area contributed by atoms with Gasteiger partial charge in [0.25, 0.3) is 0 Å². The van der Waals surface area contributed by atoms with E-state index in [4.69, 9.17) is 9.54 Å². The van der Waals surface area contributed by atoms with Crippen molar-refractivity contribution in [1.29, 1.82) is 0 Å². The molecule has 0 aliphatic heterocycles. The molecule has 3 aromatic rings. The third-order valence-corrected chi connectivity index (χ3v) is 7.46.